The van der Waals surface area contributed by atoms with E-state index in [-0.39, 0.29) is 4.77 Å². The number of nitrogens with zero attached hydrogens (tertiary/aromatic N) is 1. The third-order valence-corrected chi connectivity index (χ3v) is 4.39. The largest absolute Gasteiger partial charge is 0.494 e. The molecule has 25 heavy (non-hydrogen) atoms. The smallest absolute Gasteiger partial charge is 0.269 e. The van der Waals surface area contributed by atoms with E-state index in [1.165, 1.54) is 0 Å². The fourth-order valence-electron chi connectivity index (χ4n) is 2.44. The first-order chi connectivity index (χ1) is 12.0. The number of carbonyl (C=O) groups is 1. The third-order valence-electron chi connectivity index (χ3n) is 3.62. The summed E-state index contributed by atoms with van der Waals surface area (Å²) in [6.07, 6.45) is 0.864. The van der Waals surface area contributed by atoms with Gasteiger partial charge in [0.25, 0.3) is 11.5 Å². The Labute approximate surface area is 157 Å². The molecule has 5 nitrogen and oxygen atoms in total. The lowest BCUT2D eigenvalue weighted by atomic mass is 10.2. The number of rotatable bonds is 4. The van der Waals surface area contributed by atoms with Gasteiger partial charge in [0.05, 0.1) is 17.5 Å². The number of hydrogen-bond donors (Lipinski definition) is 1. The molecule has 0 spiro atoms. The summed E-state index contributed by atoms with van der Waals surface area (Å²) >= 11 is 8.56. The molecule has 0 aliphatic heterocycles. The molecule has 0 saturated heterocycles. The summed E-state index contributed by atoms with van der Waals surface area (Å²) < 4.78 is 7.33. The van der Waals surface area contributed by atoms with E-state index in [1.807, 2.05) is 6.92 Å². The number of hydrogen-bond acceptors (Lipinski definition) is 4. The van der Waals surface area contributed by atoms with Crippen molar-refractivity contribution in [1.82, 2.24) is 9.55 Å². The lowest BCUT2D eigenvalue weighted by molar-refractivity contribution is 0.0953. The van der Waals surface area contributed by atoms with E-state index in [0.717, 1.165) is 15.5 Å². The molecule has 1 N–H and O–H groups in total. The summed E-state index contributed by atoms with van der Waals surface area (Å²) in [5.41, 5.74) is 0.469. The molecule has 7 heteroatoms. The van der Waals surface area contributed by atoms with Crippen molar-refractivity contribution >= 4 is 45.0 Å². The van der Waals surface area contributed by atoms with E-state index >= 15 is 0 Å². The highest BCUT2D eigenvalue weighted by Gasteiger charge is 2.15. The second-order valence-corrected chi connectivity index (χ2v) is 6.74. The predicted molar refractivity (Wildman–Crippen MR) is 103 cm³/mol. The molecule has 0 amide bonds. The minimum atomic E-state index is -0.491. The van der Waals surface area contributed by atoms with Crippen LogP contribution in [-0.4, -0.2) is 22.1 Å². The number of benzene rings is 2. The minimum Gasteiger partial charge on any atom is -0.494 e. The van der Waals surface area contributed by atoms with Gasteiger partial charge in [0.2, 0.25) is 0 Å². The Balaban J connectivity index is 2.11. The average molecular weight is 419 g/mol. The molecule has 0 aliphatic carbocycles. The van der Waals surface area contributed by atoms with Crippen LogP contribution in [0.5, 0.6) is 5.75 Å². The Hall–Kier alpha value is -2.25. The van der Waals surface area contributed by atoms with Gasteiger partial charge in [-0.15, -0.1) is 0 Å². The zero-order valence-corrected chi connectivity index (χ0v) is 15.8. The van der Waals surface area contributed by atoms with Crippen molar-refractivity contribution in [2.24, 2.45) is 0 Å². The molecule has 0 fully saturated rings. The quantitative estimate of drug-likeness (QED) is 0.641. The second-order valence-electron chi connectivity index (χ2n) is 5.44. The number of nitrogens with one attached hydrogen (secondary N) is 1. The first-order valence-corrected chi connectivity index (χ1v) is 8.93. The van der Waals surface area contributed by atoms with Gasteiger partial charge in [0.15, 0.2) is 4.77 Å². The van der Waals surface area contributed by atoms with E-state index in [0.29, 0.717) is 28.8 Å². The Bertz CT molecular complexity index is 1070. The minimum absolute atomic E-state index is 0.0599. The van der Waals surface area contributed by atoms with Crippen LogP contribution in [-0.2, 0) is 0 Å². The van der Waals surface area contributed by atoms with Crippen molar-refractivity contribution in [3.05, 3.63) is 67.6 Å². The molecule has 3 aromatic rings. The molecule has 2 aromatic carbocycles. The number of aromatic amines is 1. The lowest BCUT2D eigenvalue weighted by Gasteiger charge is -2.09. The highest BCUT2D eigenvalue weighted by atomic mass is 79.9. The molecule has 128 valence electrons. The van der Waals surface area contributed by atoms with Crippen molar-refractivity contribution < 1.29 is 9.53 Å². The van der Waals surface area contributed by atoms with Gasteiger partial charge in [-0.3, -0.25) is 9.59 Å². The fraction of sp³-hybridized carbons (Fsp3) is 0.167. The standard InChI is InChI=1S/C18H15BrN2O3S/c1-2-8-24-13-5-3-4-11(9-13)16(22)21-17(23)14-10-12(19)6-7-15(14)20-18(21)25/h3-7,9-10H,2,8H2,1H3,(H,20,25). The molecule has 0 atom stereocenters. The van der Waals surface area contributed by atoms with Crippen LogP contribution < -0.4 is 10.3 Å². The van der Waals surface area contributed by atoms with Gasteiger partial charge in [-0.25, -0.2) is 4.57 Å². The molecule has 0 bridgehead atoms. The summed E-state index contributed by atoms with van der Waals surface area (Å²) in [5, 5.41) is 0.384. The summed E-state index contributed by atoms with van der Waals surface area (Å²) in [6.45, 7) is 2.56. The Kier molecular flexibility index (Phi) is 5.15. The Morgan fingerprint density at radius 3 is 2.84 bits per heavy atom. The number of fused-ring (bicyclic) bond motifs is 1. The molecule has 1 aromatic heterocycles. The van der Waals surface area contributed by atoms with Crippen LogP contribution in [0.3, 0.4) is 0 Å². The molecular formula is C18H15BrN2O3S. The highest BCUT2D eigenvalue weighted by molar-refractivity contribution is 9.10. The zero-order chi connectivity index (χ0) is 18.0. The molecule has 1 heterocycles. The van der Waals surface area contributed by atoms with Crippen molar-refractivity contribution in [1.29, 1.82) is 0 Å². The SMILES string of the molecule is CCCOc1cccc(C(=O)n2c(=S)[nH]c3ccc(Br)cc3c2=O)c1. The Morgan fingerprint density at radius 1 is 1.28 bits per heavy atom. The Morgan fingerprint density at radius 2 is 2.08 bits per heavy atom. The topological polar surface area (TPSA) is 64.1 Å². The number of carbonyl (C=O) groups excluding carboxylic acids is 1. The van der Waals surface area contributed by atoms with Crippen molar-refractivity contribution in [2.75, 3.05) is 6.61 Å². The lowest BCUT2D eigenvalue weighted by Crippen LogP contribution is -2.29. The first kappa shape index (κ1) is 17.6. The van der Waals surface area contributed by atoms with Crippen molar-refractivity contribution in [3.8, 4) is 5.75 Å². The normalized spacial score (nSPS) is 10.8. The van der Waals surface area contributed by atoms with Crippen molar-refractivity contribution in [2.45, 2.75) is 13.3 Å². The van der Waals surface area contributed by atoms with Gasteiger partial charge < -0.3 is 9.72 Å². The maximum absolute atomic E-state index is 12.9. The van der Waals surface area contributed by atoms with E-state index < -0.39 is 11.5 Å². The zero-order valence-electron chi connectivity index (χ0n) is 13.4. The van der Waals surface area contributed by atoms with E-state index in [2.05, 4.69) is 20.9 Å². The molecule has 0 radical (unpaired) electrons. The first-order valence-electron chi connectivity index (χ1n) is 7.73. The molecule has 0 aliphatic rings. The van der Waals surface area contributed by atoms with Crippen LogP contribution in [0.15, 0.2) is 51.7 Å². The van der Waals surface area contributed by atoms with Gasteiger partial charge in [0, 0.05) is 10.0 Å². The molecule has 0 unspecified atom stereocenters. The van der Waals surface area contributed by atoms with Crippen LogP contribution in [0.25, 0.3) is 10.9 Å². The average Bonchev–Trinajstić information content (AvgIpc) is 2.61. The van der Waals surface area contributed by atoms with Crippen LogP contribution in [0.2, 0.25) is 0 Å². The summed E-state index contributed by atoms with van der Waals surface area (Å²) in [6, 6.07) is 11.9. The number of ether oxygens (including phenoxy) is 1. The van der Waals surface area contributed by atoms with Crippen LogP contribution in [0.1, 0.15) is 23.7 Å². The van der Waals surface area contributed by atoms with E-state index in [4.69, 9.17) is 17.0 Å². The molecular weight excluding hydrogens is 404 g/mol. The van der Waals surface area contributed by atoms with Crippen molar-refractivity contribution in [3.63, 3.8) is 0 Å². The third kappa shape index (κ3) is 3.57. The van der Waals surface area contributed by atoms with Gasteiger partial charge >= 0.3 is 0 Å². The fourth-order valence-corrected chi connectivity index (χ4v) is 3.08. The van der Waals surface area contributed by atoms with Crippen LogP contribution in [0, 0.1) is 4.77 Å². The van der Waals surface area contributed by atoms with E-state index in [9.17, 15) is 9.59 Å². The number of halogens is 1. The van der Waals surface area contributed by atoms with Crippen LogP contribution in [0.4, 0.5) is 0 Å². The predicted octanol–water partition coefficient (Wildman–Crippen LogP) is 4.30. The van der Waals surface area contributed by atoms with Crippen LogP contribution >= 0.6 is 28.1 Å². The molecule has 0 saturated carbocycles. The second kappa shape index (κ2) is 7.33. The monoisotopic (exact) mass is 418 g/mol. The van der Waals surface area contributed by atoms with Gasteiger partial charge in [-0.05, 0) is 55.0 Å². The summed E-state index contributed by atoms with van der Waals surface area (Å²) in [7, 11) is 0. The summed E-state index contributed by atoms with van der Waals surface area (Å²) in [4.78, 5) is 28.6. The van der Waals surface area contributed by atoms with Gasteiger partial charge in [-0.1, -0.05) is 28.9 Å². The van der Waals surface area contributed by atoms with Gasteiger partial charge in [0.1, 0.15) is 5.75 Å². The number of aromatic nitrogens is 2. The molecule has 3 rings (SSSR count). The highest BCUT2D eigenvalue weighted by Crippen LogP contribution is 2.17. The van der Waals surface area contributed by atoms with Gasteiger partial charge in [-0.2, -0.15) is 0 Å². The number of H-pyrrole nitrogens is 1. The van der Waals surface area contributed by atoms with E-state index in [1.54, 1.807) is 42.5 Å². The summed E-state index contributed by atoms with van der Waals surface area (Å²) in [5.74, 6) is 0.0919. The maximum atomic E-state index is 12.9. The maximum Gasteiger partial charge on any atom is 0.269 e.